The van der Waals surface area contributed by atoms with Crippen LogP contribution in [0.3, 0.4) is 0 Å². The molecular weight excluding hydrogens is 235 g/mol. The molecule has 0 aromatic rings. The van der Waals surface area contributed by atoms with Crippen LogP contribution in [-0.2, 0) is 0 Å². The molecule has 0 aromatic carbocycles. The van der Waals surface area contributed by atoms with Gasteiger partial charge < -0.3 is 0 Å². The molecule has 0 unspecified atom stereocenters. The number of alkyl halides is 2. The minimum atomic E-state index is -1.57. The summed E-state index contributed by atoms with van der Waals surface area (Å²) in [5.41, 5.74) is 0. The molecule has 14 heavy (non-hydrogen) atoms. The van der Waals surface area contributed by atoms with Gasteiger partial charge in [0, 0.05) is 35.5 Å². The Morgan fingerprint density at radius 3 is 1.21 bits per heavy atom. The van der Waals surface area contributed by atoms with Crippen molar-refractivity contribution in [3.8, 4) is 0 Å². The maximum atomic E-state index is 10.5. The van der Waals surface area contributed by atoms with E-state index in [1.165, 1.54) is 0 Å². The van der Waals surface area contributed by atoms with Crippen LogP contribution in [0.2, 0.25) is 0 Å². The highest BCUT2D eigenvalue weighted by Gasteiger charge is 2.54. The quantitative estimate of drug-likeness (QED) is 0.321. The SMILES string of the molecule is O=[N+]([O-])C1(Cl)CCC(Cl)([N+](=O)[O-])CC1. The molecular formula is C6H8Cl2N2O4. The van der Waals surface area contributed by atoms with E-state index in [2.05, 4.69) is 0 Å². The van der Waals surface area contributed by atoms with Gasteiger partial charge >= 0.3 is 0 Å². The predicted octanol–water partition coefficient (Wildman–Crippen LogP) is 1.98. The summed E-state index contributed by atoms with van der Waals surface area (Å²) in [7, 11) is 0. The lowest BCUT2D eigenvalue weighted by Crippen LogP contribution is -2.45. The van der Waals surface area contributed by atoms with Gasteiger partial charge in [0.2, 0.25) is 0 Å². The van der Waals surface area contributed by atoms with Crippen molar-refractivity contribution in [3.05, 3.63) is 20.2 Å². The first-order valence-corrected chi connectivity index (χ1v) is 4.73. The van der Waals surface area contributed by atoms with Crippen molar-refractivity contribution in [2.45, 2.75) is 35.7 Å². The normalized spacial score (nSPS) is 37.9. The van der Waals surface area contributed by atoms with Gasteiger partial charge in [-0.05, 0) is 23.2 Å². The molecule has 0 bridgehead atoms. The van der Waals surface area contributed by atoms with E-state index in [0.717, 1.165) is 0 Å². The van der Waals surface area contributed by atoms with E-state index in [9.17, 15) is 20.2 Å². The summed E-state index contributed by atoms with van der Waals surface area (Å²) in [6.07, 6.45) is -0.309. The molecule has 6 nitrogen and oxygen atoms in total. The molecule has 1 aliphatic rings. The summed E-state index contributed by atoms with van der Waals surface area (Å²) < 4.78 is 0. The average Bonchev–Trinajstić information content (AvgIpc) is 2.10. The molecule has 0 spiro atoms. The molecule has 1 aliphatic carbocycles. The fourth-order valence-electron chi connectivity index (χ4n) is 1.38. The Morgan fingerprint density at radius 1 is 0.857 bits per heavy atom. The standard InChI is InChI=1S/C6H8Cl2N2O4/c7-5(9(11)12)1-2-6(8,4-3-5)10(13)14/h1-4H2. The third-order valence-corrected chi connectivity index (χ3v) is 3.47. The van der Waals surface area contributed by atoms with E-state index in [1.807, 2.05) is 0 Å². The lowest BCUT2D eigenvalue weighted by molar-refractivity contribution is -0.576. The molecule has 0 N–H and O–H groups in total. The van der Waals surface area contributed by atoms with Crippen molar-refractivity contribution in [2.75, 3.05) is 0 Å². The van der Waals surface area contributed by atoms with Crippen molar-refractivity contribution < 1.29 is 9.85 Å². The molecule has 0 atom stereocenters. The van der Waals surface area contributed by atoms with Crippen molar-refractivity contribution in [2.24, 2.45) is 0 Å². The first-order chi connectivity index (χ1) is 6.30. The largest absolute Gasteiger partial charge is 0.295 e. The zero-order chi connectivity index (χ0) is 11.0. The molecule has 1 fully saturated rings. The molecule has 0 amide bonds. The van der Waals surface area contributed by atoms with E-state index in [0.29, 0.717) is 0 Å². The fraction of sp³-hybridized carbons (Fsp3) is 1.00. The van der Waals surface area contributed by atoms with Gasteiger partial charge in [-0.3, -0.25) is 20.2 Å². The van der Waals surface area contributed by atoms with Gasteiger partial charge in [-0.15, -0.1) is 0 Å². The maximum Gasteiger partial charge on any atom is 0.295 e. The van der Waals surface area contributed by atoms with Crippen LogP contribution in [0.25, 0.3) is 0 Å². The van der Waals surface area contributed by atoms with Crippen molar-refractivity contribution in [3.63, 3.8) is 0 Å². The van der Waals surface area contributed by atoms with E-state index >= 15 is 0 Å². The molecule has 80 valence electrons. The number of halogens is 2. The second kappa shape index (κ2) is 3.51. The van der Waals surface area contributed by atoms with Gasteiger partial charge in [0.15, 0.2) is 0 Å². The van der Waals surface area contributed by atoms with Crippen molar-refractivity contribution in [1.82, 2.24) is 0 Å². The van der Waals surface area contributed by atoms with Gasteiger partial charge in [-0.25, -0.2) is 0 Å². The Hall–Kier alpha value is -0.620. The zero-order valence-corrected chi connectivity index (χ0v) is 8.62. The Bertz CT molecular complexity index is 247. The van der Waals surface area contributed by atoms with Gasteiger partial charge in [-0.1, -0.05) is 0 Å². The Morgan fingerprint density at radius 2 is 1.07 bits per heavy atom. The Kier molecular flexibility index (Phi) is 2.87. The fourth-order valence-corrected chi connectivity index (χ4v) is 1.76. The summed E-state index contributed by atoms with van der Waals surface area (Å²) in [5, 5.41) is 21.0. The molecule has 1 rings (SSSR count). The van der Waals surface area contributed by atoms with Crippen LogP contribution in [-0.4, -0.2) is 19.8 Å². The van der Waals surface area contributed by atoms with Crippen LogP contribution in [0.4, 0.5) is 0 Å². The molecule has 0 radical (unpaired) electrons. The molecule has 1 saturated carbocycles. The lowest BCUT2D eigenvalue weighted by Gasteiger charge is -2.28. The van der Waals surface area contributed by atoms with Crippen molar-refractivity contribution in [1.29, 1.82) is 0 Å². The third-order valence-electron chi connectivity index (χ3n) is 2.44. The van der Waals surface area contributed by atoms with Crippen LogP contribution in [0.15, 0.2) is 0 Å². The van der Waals surface area contributed by atoms with Crippen LogP contribution < -0.4 is 0 Å². The number of hydrogen-bond donors (Lipinski definition) is 0. The average molecular weight is 243 g/mol. The van der Waals surface area contributed by atoms with Crippen LogP contribution in [0, 0.1) is 20.2 Å². The monoisotopic (exact) mass is 242 g/mol. The molecule has 0 aliphatic heterocycles. The van der Waals surface area contributed by atoms with Gasteiger partial charge in [0.1, 0.15) is 0 Å². The molecule has 0 heterocycles. The molecule has 0 saturated heterocycles. The Labute approximate surface area is 89.5 Å². The van der Waals surface area contributed by atoms with E-state index in [1.54, 1.807) is 0 Å². The van der Waals surface area contributed by atoms with Gasteiger partial charge in [-0.2, -0.15) is 0 Å². The number of rotatable bonds is 2. The predicted molar refractivity (Wildman–Crippen MR) is 49.6 cm³/mol. The summed E-state index contributed by atoms with van der Waals surface area (Å²) in [6.45, 7) is 0. The Balaban J connectivity index is 2.71. The number of hydrogen-bond acceptors (Lipinski definition) is 4. The van der Waals surface area contributed by atoms with Crippen molar-refractivity contribution >= 4 is 23.2 Å². The molecule has 0 aromatic heterocycles. The van der Waals surface area contributed by atoms with Gasteiger partial charge in [0.05, 0.1) is 0 Å². The lowest BCUT2D eigenvalue weighted by atomic mass is 9.91. The summed E-state index contributed by atoms with van der Waals surface area (Å²) in [4.78, 5) is 16.7. The summed E-state index contributed by atoms with van der Waals surface area (Å²) in [6, 6.07) is 0. The second-order valence-electron chi connectivity index (χ2n) is 3.35. The highest BCUT2D eigenvalue weighted by molar-refractivity contribution is 6.24. The van der Waals surface area contributed by atoms with E-state index < -0.39 is 19.8 Å². The van der Waals surface area contributed by atoms with Gasteiger partial charge in [0.25, 0.3) is 10.00 Å². The van der Waals surface area contributed by atoms with Crippen LogP contribution >= 0.6 is 23.2 Å². The first kappa shape index (κ1) is 11.5. The third kappa shape index (κ3) is 1.90. The topological polar surface area (TPSA) is 86.3 Å². The van der Waals surface area contributed by atoms with Crippen LogP contribution in [0.5, 0.6) is 0 Å². The number of nitrogens with zero attached hydrogens (tertiary/aromatic N) is 2. The zero-order valence-electron chi connectivity index (χ0n) is 7.11. The molecule has 8 heteroatoms. The smallest absolute Gasteiger partial charge is 0.263 e. The minimum Gasteiger partial charge on any atom is -0.263 e. The second-order valence-corrected chi connectivity index (χ2v) is 4.76. The summed E-state index contributed by atoms with van der Waals surface area (Å²) >= 11 is 11.3. The summed E-state index contributed by atoms with van der Waals surface area (Å²) in [5.74, 6) is 0. The van der Waals surface area contributed by atoms with E-state index in [-0.39, 0.29) is 25.7 Å². The highest BCUT2D eigenvalue weighted by atomic mass is 35.5. The maximum absolute atomic E-state index is 10.5. The van der Waals surface area contributed by atoms with Crippen LogP contribution in [0.1, 0.15) is 25.7 Å². The number of nitro groups is 2. The van der Waals surface area contributed by atoms with E-state index in [4.69, 9.17) is 23.2 Å². The highest BCUT2D eigenvalue weighted by Crippen LogP contribution is 2.42. The minimum absolute atomic E-state index is 0.0773. The first-order valence-electron chi connectivity index (χ1n) is 3.97.